The number of aryl methyl sites for hydroxylation is 1. The molecule has 4 heteroatoms. The molecule has 0 N–H and O–H groups in total. The minimum atomic E-state index is -0.321. The Bertz CT molecular complexity index is 600. The van der Waals surface area contributed by atoms with E-state index in [1.165, 1.54) is 0 Å². The van der Waals surface area contributed by atoms with Crippen molar-refractivity contribution in [1.29, 1.82) is 0 Å². The second-order valence-electron chi connectivity index (χ2n) is 4.07. The molecule has 0 aliphatic carbocycles. The van der Waals surface area contributed by atoms with Crippen LogP contribution in [0.25, 0.3) is 0 Å². The normalized spacial score (nSPS) is 10.8. The van der Waals surface area contributed by atoms with Crippen LogP contribution in [0.1, 0.15) is 23.0 Å². The predicted molar refractivity (Wildman–Crippen MR) is 75.1 cm³/mol. The molecule has 98 valence electrons. The Labute approximate surface area is 112 Å². The second kappa shape index (κ2) is 6.00. The zero-order valence-corrected chi connectivity index (χ0v) is 11.0. The molecule has 0 bridgehead atoms. The van der Waals surface area contributed by atoms with Crippen LogP contribution in [0.15, 0.2) is 47.6 Å². The minimum absolute atomic E-state index is 0.321. The summed E-state index contributed by atoms with van der Waals surface area (Å²) in [5, 5.41) is 0. The van der Waals surface area contributed by atoms with E-state index in [2.05, 4.69) is 4.99 Å². The molecular weight excluding hydrogens is 240 g/mol. The number of aromatic nitrogens is 1. The summed E-state index contributed by atoms with van der Waals surface area (Å²) in [6, 6.07) is 11.0. The van der Waals surface area contributed by atoms with Gasteiger partial charge in [-0.2, -0.15) is 0 Å². The Morgan fingerprint density at radius 2 is 2.21 bits per heavy atom. The molecule has 19 heavy (non-hydrogen) atoms. The quantitative estimate of drug-likeness (QED) is 0.623. The number of carbonyl (C=O) groups is 1. The van der Waals surface area contributed by atoms with Crippen LogP contribution in [0.4, 0.5) is 5.69 Å². The fourth-order valence-electron chi connectivity index (χ4n) is 1.68. The van der Waals surface area contributed by atoms with Gasteiger partial charge < -0.3 is 9.30 Å². The lowest BCUT2D eigenvalue weighted by Gasteiger charge is -2.02. The van der Waals surface area contributed by atoms with Gasteiger partial charge in [-0.05, 0) is 37.3 Å². The lowest BCUT2D eigenvalue weighted by molar-refractivity contribution is 0.0526. The van der Waals surface area contributed by atoms with Crippen LogP contribution < -0.4 is 0 Å². The molecule has 0 atom stereocenters. The molecule has 0 saturated heterocycles. The first-order valence-corrected chi connectivity index (χ1v) is 6.13. The summed E-state index contributed by atoms with van der Waals surface area (Å²) in [7, 11) is 1.95. The maximum atomic E-state index is 11.6. The van der Waals surface area contributed by atoms with Gasteiger partial charge in [0.1, 0.15) is 0 Å². The highest BCUT2D eigenvalue weighted by molar-refractivity contribution is 5.90. The highest BCUT2D eigenvalue weighted by atomic mass is 16.5. The Morgan fingerprint density at radius 3 is 2.89 bits per heavy atom. The van der Waals surface area contributed by atoms with Gasteiger partial charge in [-0.3, -0.25) is 4.99 Å². The first-order valence-electron chi connectivity index (χ1n) is 6.13. The van der Waals surface area contributed by atoms with E-state index >= 15 is 0 Å². The summed E-state index contributed by atoms with van der Waals surface area (Å²) in [5.41, 5.74) is 2.25. The van der Waals surface area contributed by atoms with Crippen LogP contribution in [0.2, 0.25) is 0 Å². The van der Waals surface area contributed by atoms with Crippen molar-refractivity contribution in [3.05, 3.63) is 53.9 Å². The molecule has 2 rings (SSSR count). The molecule has 0 saturated carbocycles. The summed E-state index contributed by atoms with van der Waals surface area (Å²) < 4.78 is 6.93. The molecule has 0 fully saturated rings. The largest absolute Gasteiger partial charge is 0.462 e. The average Bonchev–Trinajstić information content (AvgIpc) is 2.82. The molecule has 0 unspecified atom stereocenters. The zero-order chi connectivity index (χ0) is 13.7. The smallest absolute Gasteiger partial charge is 0.338 e. The summed E-state index contributed by atoms with van der Waals surface area (Å²) in [6.45, 7) is 2.16. The Hall–Kier alpha value is -2.36. The van der Waals surface area contributed by atoms with E-state index in [0.29, 0.717) is 12.2 Å². The number of nitrogens with zero attached hydrogens (tertiary/aromatic N) is 2. The number of ether oxygens (including phenoxy) is 1. The number of hydrogen-bond donors (Lipinski definition) is 0. The Morgan fingerprint density at radius 1 is 1.37 bits per heavy atom. The molecular formula is C15H16N2O2. The van der Waals surface area contributed by atoms with Crippen molar-refractivity contribution in [2.75, 3.05) is 6.61 Å². The number of hydrogen-bond acceptors (Lipinski definition) is 3. The highest BCUT2D eigenvalue weighted by Gasteiger charge is 2.05. The number of esters is 1. The molecule has 0 radical (unpaired) electrons. The van der Waals surface area contributed by atoms with Crippen molar-refractivity contribution in [1.82, 2.24) is 4.57 Å². The van der Waals surface area contributed by atoms with Crippen molar-refractivity contribution in [2.24, 2.45) is 12.0 Å². The lowest BCUT2D eigenvalue weighted by atomic mass is 10.2. The monoisotopic (exact) mass is 256 g/mol. The third kappa shape index (κ3) is 3.31. The van der Waals surface area contributed by atoms with Crippen LogP contribution in [-0.4, -0.2) is 23.4 Å². The molecule has 0 aliphatic rings. The van der Waals surface area contributed by atoms with E-state index in [1.807, 2.05) is 36.0 Å². The fourth-order valence-corrected chi connectivity index (χ4v) is 1.68. The zero-order valence-electron chi connectivity index (χ0n) is 11.0. The average molecular weight is 256 g/mol. The van der Waals surface area contributed by atoms with Gasteiger partial charge in [0.05, 0.1) is 29.8 Å². The number of carbonyl (C=O) groups excluding carboxylic acids is 1. The third-order valence-electron chi connectivity index (χ3n) is 2.69. The molecule has 1 aromatic carbocycles. The molecule has 1 heterocycles. The molecule has 0 spiro atoms. The summed E-state index contributed by atoms with van der Waals surface area (Å²) in [6.07, 6.45) is 3.72. The van der Waals surface area contributed by atoms with Gasteiger partial charge in [0.15, 0.2) is 0 Å². The van der Waals surface area contributed by atoms with Crippen molar-refractivity contribution >= 4 is 17.9 Å². The molecule has 1 aromatic heterocycles. The summed E-state index contributed by atoms with van der Waals surface area (Å²) in [4.78, 5) is 16.0. The Kier molecular flexibility index (Phi) is 4.13. The standard InChI is InChI=1S/C15H16N2O2/c1-3-19-15(18)12-6-4-7-13(10-12)16-11-14-8-5-9-17(14)2/h4-11H,3H2,1-2H3. The van der Waals surface area contributed by atoms with E-state index in [-0.39, 0.29) is 5.97 Å². The van der Waals surface area contributed by atoms with Crippen molar-refractivity contribution < 1.29 is 9.53 Å². The second-order valence-corrected chi connectivity index (χ2v) is 4.07. The van der Waals surface area contributed by atoms with Gasteiger partial charge >= 0.3 is 5.97 Å². The van der Waals surface area contributed by atoms with E-state index in [9.17, 15) is 4.79 Å². The first kappa shape index (κ1) is 13.1. The van der Waals surface area contributed by atoms with Crippen LogP contribution in [0.3, 0.4) is 0 Å². The van der Waals surface area contributed by atoms with Gasteiger partial charge in [0.2, 0.25) is 0 Å². The van der Waals surface area contributed by atoms with Crippen LogP contribution in [0, 0.1) is 0 Å². The number of rotatable bonds is 4. The Balaban J connectivity index is 2.18. The van der Waals surface area contributed by atoms with E-state index < -0.39 is 0 Å². The van der Waals surface area contributed by atoms with Gasteiger partial charge in [-0.15, -0.1) is 0 Å². The maximum Gasteiger partial charge on any atom is 0.338 e. The van der Waals surface area contributed by atoms with Crippen LogP contribution in [0.5, 0.6) is 0 Å². The maximum absolute atomic E-state index is 11.6. The topological polar surface area (TPSA) is 43.6 Å². The van der Waals surface area contributed by atoms with E-state index in [1.54, 1.807) is 31.3 Å². The van der Waals surface area contributed by atoms with E-state index in [4.69, 9.17) is 4.74 Å². The molecule has 4 nitrogen and oxygen atoms in total. The number of aliphatic imine (C=N–C) groups is 1. The highest BCUT2D eigenvalue weighted by Crippen LogP contribution is 2.15. The van der Waals surface area contributed by atoms with Gasteiger partial charge in [-0.1, -0.05) is 6.07 Å². The molecule has 0 aliphatic heterocycles. The van der Waals surface area contributed by atoms with Crippen LogP contribution >= 0.6 is 0 Å². The van der Waals surface area contributed by atoms with Gasteiger partial charge in [0, 0.05) is 13.2 Å². The van der Waals surface area contributed by atoms with E-state index in [0.717, 1.165) is 11.4 Å². The summed E-state index contributed by atoms with van der Waals surface area (Å²) in [5.74, 6) is -0.321. The molecule has 2 aromatic rings. The fraction of sp³-hybridized carbons (Fsp3) is 0.200. The summed E-state index contributed by atoms with van der Waals surface area (Å²) >= 11 is 0. The van der Waals surface area contributed by atoms with Crippen molar-refractivity contribution in [3.8, 4) is 0 Å². The SMILES string of the molecule is CCOC(=O)c1cccc(N=Cc2cccn2C)c1. The predicted octanol–water partition coefficient (Wildman–Crippen LogP) is 2.95. The third-order valence-corrected chi connectivity index (χ3v) is 2.69. The molecule has 0 amide bonds. The number of benzene rings is 1. The van der Waals surface area contributed by atoms with Crippen molar-refractivity contribution in [2.45, 2.75) is 6.92 Å². The van der Waals surface area contributed by atoms with Gasteiger partial charge in [-0.25, -0.2) is 4.79 Å². The first-order chi connectivity index (χ1) is 9.20. The lowest BCUT2D eigenvalue weighted by Crippen LogP contribution is -2.03. The minimum Gasteiger partial charge on any atom is -0.462 e. The van der Waals surface area contributed by atoms with Crippen molar-refractivity contribution in [3.63, 3.8) is 0 Å². The van der Waals surface area contributed by atoms with Crippen LogP contribution in [-0.2, 0) is 11.8 Å². The van der Waals surface area contributed by atoms with Gasteiger partial charge in [0.25, 0.3) is 0 Å².